The van der Waals surface area contributed by atoms with E-state index < -0.39 is 11.2 Å². The van der Waals surface area contributed by atoms with Crippen molar-refractivity contribution in [2.24, 2.45) is 5.92 Å². The van der Waals surface area contributed by atoms with Gasteiger partial charge in [0.1, 0.15) is 0 Å². The van der Waals surface area contributed by atoms with Gasteiger partial charge in [-0.05, 0) is 37.2 Å². The van der Waals surface area contributed by atoms with Crippen molar-refractivity contribution in [2.75, 3.05) is 0 Å². The summed E-state index contributed by atoms with van der Waals surface area (Å²) in [7, 11) is 0. The number of unbranched alkanes of at least 4 members (excludes halogenated alkanes) is 2. The van der Waals surface area contributed by atoms with Gasteiger partial charge in [-0.25, -0.2) is 9.20 Å². The van der Waals surface area contributed by atoms with Gasteiger partial charge in [-0.1, -0.05) is 70.9 Å². The van der Waals surface area contributed by atoms with Crippen LogP contribution in [0.5, 0.6) is 5.88 Å². The van der Waals surface area contributed by atoms with Crippen LogP contribution in [0.3, 0.4) is 0 Å². The van der Waals surface area contributed by atoms with Crippen molar-refractivity contribution in [3.63, 3.8) is 0 Å². The number of aromatic nitrogens is 5. The predicted molar refractivity (Wildman–Crippen MR) is 146 cm³/mol. The second-order valence-electron chi connectivity index (χ2n) is 10.1. The standard InChI is InChI=1S/C28H37N5O4/c1-5-7-16-30-23-22(26(36)31(28(30)37)17-8-6-2)33-25(35)21(15-14-19(3)4)24(34)32(27(33)29-23)18-20-12-10-9-11-13-20/h9-13,19,35H,5-8,14-18H2,1-4H3. The first kappa shape index (κ1) is 26.4. The van der Waals surface area contributed by atoms with Crippen molar-refractivity contribution >= 4 is 16.9 Å². The number of aromatic hydroxyl groups is 1. The Bertz CT molecular complexity index is 1570. The van der Waals surface area contributed by atoms with Gasteiger partial charge in [-0.3, -0.25) is 23.3 Å². The fourth-order valence-electron chi connectivity index (χ4n) is 4.69. The predicted octanol–water partition coefficient (Wildman–Crippen LogP) is 3.92. The zero-order chi connectivity index (χ0) is 26.7. The normalized spacial score (nSPS) is 11.8. The quantitative estimate of drug-likeness (QED) is 0.331. The first-order chi connectivity index (χ1) is 17.8. The van der Waals surface area contributed by atoms with E-state index >= 15 is 0 Å². The van der Waals surface area contributed by atoms with E-state index in [1.807, 2.05) is 44.2 Å². The molecule has 4 aromatic rings. The molecular formula is C28H37N5O4. The molecule has 0 saturated heterocycles. The van der Waals surface area contributed by atoms with Crippen molar-refractivity contribution in [2.45, 2.75) is 85.9 Å². The average Bonchev–Trinajstić information content (AvgIpc) is 3.28. The molecule has 9 heteroatoms. The molecule has 0 bridgehead atoms. The summed E-state index contributed by atoms with van der Waals surface area (Å²) in [6.45, 7) is 9.06. The van der Waals surface area contributed by atoms with Crippen molar-refractivity contribution in [1.29, 1.82) is 0 Å². The lowest BCUT2D eigenvalue weighted by atomic mass is 10.0. The van der Waals surface area contributed by atoms with Crippen molar-refractivity contribution in [1.82, 2.24) is 23.1 Å². The van der Waals surface area contributed by atoms with Crippen molar-refractivity contribution in [3.05, 3.63) is 72.7 Å². The SMILES string of the molecule is CCCCn1c(=O)c2c(nc3n(Cc4ccccc4)c(=O)c(CCC(C)C)c(O)n23)n(CCCC)c1=O. The Morgan fingerprint density at radius 3 is 2.16 bits per heavy atom. The summed E-state index contributed by atoms with van der Waals surface area (Å²) in [6.07, 6.45) is 4.17. The minimum Gasteiger partial charge on any atom is -0.494 e. The molecule has 0 spiro atoms. The Balaban J connectivity index is 2.13. The number of imidazole rings is 1. The number of aryl methyl sites for hydroxylation is 1. The molecule has 0 amide bonds. The van der Waals surface area contributed by atoms with E-state index in [2.05, 4.69) is 18.8 Å². The first-order valence-electron chi connectivity index (χ1n) is 13.3. The summed E-state index contributed by atoms with van der Waals surface area (Å²) < 4.78 is 5.67. The van der Waals surface area contributed by atoms with Crippen molar-refractivity contribution in [3.8, 4) is 5.88 Å². The molecular weight excluding hydrogens is 470 g/mol. The third-order valence-electron chi connectivity index (χ3n) is 6.86. The van der Waals surface area contributed by atoms with Crippen LogP contribution in [-0.2, 0) is 26.1 Å². The Kier molecular flexibility index (Phi) is 8.00. The molecule has 198 valence electrons. The van der Waals surface area contributed by atoms with E-state index in [0.717, 1.165) is 24.8 Å². The lowest BCUT2D eigenvalue weighted by Gasteiger charge is -2.14. The van der Waals surface area contributed by atoms with Crippen LogP contribution in [0.25, 0.3) is 16.9 Å². The largest absolute Gasteiger partial charge is 0.494 e. The van der Waals surface area contributed by atoms with Crippen LogP contribution in [0.2, 0.25) is 0 Å². The second kappa shape index (κ2) is 11.2. The van der Waals surface area contributed by atoms with Crippen LogP contribution in [-0.4, -0.2) is 28.2 Å². The number of nitrogens with zero attached hydrogens (tertiary/aromatic N) is 5. The van der Waals surface area contributed by atoms with Crippen LogP contribution in [0, 0.1) is 5.92 Å². The summed E-state index contributed by atoms with van der Waals surface area (Å²) in [4.78, 5) is 45.5. The van der Waals surface area contributed by atoms with Gasteiger partial charge < -0.3 is 5.11 Å². The highest BCUT2D eigenvalue weighted by Gasteiger charge is 2.25. The zero-order valence-corrected chi connectivity index (χ0v) is 22.2. The number of hydrogen-bond acceptors (Lipinski definition) is 5. The maximum absolute atomic E-state index is 13.7. The molecule has 37 heavy (non-hydrogen) atoms. The minimum atomic E-state index is -0.497. The number of rotatable bonds is 11. The van der Waals surface area contributed by atoms with E-state index in [9.17, 15) is 19.5 Å². The van der Waals surface area contributed by atoms with Crippen molar-refractivity contribution < 1.29 is 5.11 Å². The molecule has 0 fully saturated rings. The highest BCUT2D eigenvalue weighted by atomic mass is 16.3. The Morgan fingerprint density at radius 1 is 0.892 bits per heavy atom. The van der Waals surface area contributed by atoms with Gasteiger partial charge in [0.15, 0.2) is 11.2 Å². The molecule has 0 aliphatic rings. The third-order valence-corrected chi connectivity index (χ3v) is 6.86. The van der Waals surface area contributed by atoms with Crippen LogP contribution in [0.15, 0.2) is 44.7 Å². The monoisotopic (exact) mass is 507 g/mol. The smallest absolute Gasteiger partial charge is 0.332 e. The summed E-state index contributed by atoms with van der Waals surface area (Å²) in [5.74, 6) is 0.207. The fourth-order valence-corrected chi connectivity index (χ4v) is 4.69. The molecule has 0 aliphatic heterocycles. The maximum atomic E-state index is 13.7. The molecule has 0 unspecified atom stereocenters. The van der Waals surface area contributed by atoms with E-state index in [4.69, 9.17) is 0 Å². The molecule has 4 rings (SSSR count). The topological polar surface area (TPSA) is 104 Å². The van der Waals surface area contributed by atoms with Gasteiger partial charge in [0, 0.05) is 13.1 Å². The summed E-state index contributed by atoms with van der Waals surface area (Å²) in [6, 6.07) is 9.53. The Labute approximate surface area is 215 Å². The molecule has 0 aliphatic carbocycles. The molecule has 0 atom stereocenters. The Morgan fingerprint density at radius 2 is 1.54 bits per heavy atom. The second-order valence-corrected chi connectivity index (χ2v) is 10.1. The van der Waals surface area contributed by atoms with Gasteiger partial charge in [0.2, 0.25) is 11.7 Å². The number of benzene rings is 1. The van der Waals surface area contributed by atoms with Gasteiger partial charge in [-0.2, -0.15) is 4.98 Å². The first-order valence-corrected chi connectivity index (χ1v) is 13.3. The molecule has 9 nitrogen and oxygen atoms in total. The summed E-state index contributed by atoms with van der Waals surface area (Å²) in [5.41, 5.74) is 0.243. The maximum Gasteiger partial charge on any atom is 0.332 e. The summed E-state index contributed by atoms with van der Waals surface area (Å²) in [5, 5.41) is 11.4. The van der Waals surface area contributed by atoms with Gasteiger partial charge >= 0.3 is 5.69 Å². The van der Waals surface area contributed by atoms with Gasteiger partial charge in [-0.15, -0.1) is 0 Å². The number of fused-ring (bicyclic) bond motifs is 3. The van der Waals surface area contributed by atoms with E-state index in [0.29, 0.717) is 31.7 Å². The van der Waals surface area contributed by atoms with E-state index in [1.54, 1.807) is 0 Å². The molecule has 0 saturated carbocycles. The molecule has 0 radical (unpaired) electrons. The highest BCUT2D eigenvalue weighted by Crippen LogP contribution is 2.24. The third kappa shape index (κ3) is 4.99. The molecule has 3 heterocycles. The fraction of sp³-hybridized carbons (Fsp3) is 0.500. The van der Waals surface area contributed by atoms with Crippen LogP contribution < -0.4 is 16.8 Å². The minimum absolute atomic E-state index is 0.131. The van der Waals surface area contributed by atoms with E-state index in [-0.39, 0.29) is 47.0 Å². The average molecular weight is 508 g/mol. The zero-order valence-electron chi connectivity index (χ0n) is 22.2. The molecule has 1 aromatic carbocycles. The van der Waals surface area contributed by atoms with Gasteiger partial charge in [0.25, 0.3) is 11.1 Å². The van der Waals surface area contributed by atoms with E-state index in [1.165, 1.54) is 18.1 Å². The molecule has 1 N–H and O–H groups in total. The molecule has 3 aromatic heterocycles. The van der Waals surface area contributed by atoms with Crippen LogP contribution in [0.1, 0.15) is 70.9 Å². The number of hydrogen-bond donors (Lipinski definition) is 1. The van der Waals surface area contributed by atoms with Crippen LogP contribution in [0.4, 0.5) is 0 Å². The summed E-state index contributed by atoms with van der Waals surface area (Å²) >= 11 is 0. The lowest BCUT2D eigenvalue weighted by molar-refractivity contribution is 0.429. The lowest BCUT2D eigenvalue weighted by Crippen LogP contribution is -2.40. The highest BCUT2D eigenvalue weighted by molar-refractivity contribution is 5.76. The van der Waals surface area contributed by atoms with Crippen LogP contribution >= 0.6 is 0 Å². The van der Waals surface area contributed by atoms with Gasteiger partial charge in [0.05, 0.1) is 12.1 Å². The Hall–Kier alpha value is -3.62.